The molecule has 3 heteroatoms. The van der Waals surface area contributed by atoms with Crippen molar-refractivity contribution in [3.63, 3.8) is 0 Å². The third-order valence-electron chi connectivity index (χ3n) is 3.83. The van der Waals surface area contributed by atoms with Crippen molar-refractivity contribution in [2.45, 2.75) is 58.9 Å². The van der Waals surface area contributed by atoms with Crippen molar-refractivity contribution in [3.05, 3.63) is 35.4 Å². The molecule has 0 aliphatic heterocycles. The molecule has 0 amide bonds. The minimum Gasteiger partial charge on any atom is -0.314 e. The summed E-state index contributed by atoms with van der Waals surface area (Å²) in [6, 6.07) is 4.68. The van der Waals surface area contributed by atoms with Crippen molar-refractivity contribution in [3.8, 4) is 0 Å². The Hall–Kier alpha value is -0.960. The molecule has 1 nitrogen and oxygen atoms in total. The van der Waals surface area contributed by atoms with Crippen LogP contribution in [0.15, 0.2) is 18.2 Å². The largest absolute Gasteiger partial charge is 0.314 e. The Labute approximate surface area is 121 Å². The molecule has 1 atom stereocenters. The van der Waals surface area contributed by atoms with Gasteiger partial charge in [0.25, 0.3) is 0 Å². The zero-order valence-electron chi connectivity index (χ0n) is 12.9. The van der Waals surface area contributed by atoms with E-state index in [4.69, 9.17) is 0 Å². The Morgan fingerprint density at radius 1 is 1.05 bits per heavy atom. The van der Waals surface area contributed by atoms with Crippen LogP contribution in [0.1, 0.15) is 52.0 Å². The normalized spacial score (nSPS) is 12.9. The molecule has 20 heavy (non-hydrogen) atoms. The lowest BCUT2D eigenvalue weighted by Crippen LogP contribution is -2.38. The summed E-state index contributed by atoms with van der Waals surface area (Å²) in [5.41, 5.74) is 0.480. The summed E-state index contributed by atoms with van der Waals surface area (Å²) in [5.74, 6) is -0.921. The zero-order valence-corrected chi connectivity index (χ0v) is 12.9. The van der Waals surface area contributed by atoms with Gasteiger partial charge in [0.15, 0.2) is 11.6 Å². The smallest absolute Gasteiger partial charge is 0.162 e. The second kappa shape index (κ2) is 9.06. The summed E-state index contributed by atoms with van der Waals surface area (Å²) in [4.78, 5) is 0. The molecular weight excluding hydrogens is 256 g/mol. The van der Waals surface area contributed by atoms with E-state index < -0.39 is 11.6 Å². The Balaban J connectivity index is 2.86. The van der Waals surface area contributed by atoms with E-state index in [2.05, 4.69) is 26.1 Å². The van der Waals surface area contributed by atoms with Crippen LogP contribution in [0.2, 0.25) is 0 Å². The standard InChI is InChI=1S/C17H27F2N/c1-4-8-13(9-5-2)16(20-6-3)12-14-10-7-11-15(18)17(14)19/h7,10-11,13,16,20H,4-6,8-9,12H2,1-3H3. The van der Waals surface area contributed by atoms with Gasteiger partial charge in [-0.15, -0.1) is 0 Å². The van der Waals surface area contributed by atoms with Gasteiger partial charge in [-0.25, -0.2) is 8.78 Å². The first-order chi connectivity index (χ1) is 9.63. The Morgan fingerprint density at radius 2 is 1.70 bits per heavy atom. The fourth-order valence-corrected chi connectivity index (χ4v) is 2.90. The highest BCUT2D eigenvalue weighted by Crippen LogP contribution is 2.22. The molecule has 0 heterocycles. The van der Waals surface area contributed by atoms with Crippen LogP contribution < -0.4 is 5.32 Å². The first kappa shape index (κ1) is 17.1. The third kappa shape index (κ3) is 4.86. The third-order valence-corrected chi connectivity index (χ3v) is 3.83. The number of hydrogen-bond acceptors (Lipinski definition) is 1. The van der Waals surface area contributed by atoms with E-state index in [9.17, 15) is 8.78 Å². The molecule has 0 saturated heterocycles. The highest BCUT2D eigenvalue weighted by Gasteiger charge is 2.21. The molecule has 0 bridgehead atoms. The molecule has 1 aromatic carbocycles. The van der Waals surface area contributed by atoms with Crippen LogP contribution in [0.5, 0.6) is 0 Å². The van der Waals surface area contributed by atoms with Crippen molar-refractivity contribution >= 4 is 0 Å². The molecule has 1 aromatic rings. The Morgan fingerprint density at radius 3 is 2.25 bits per heavy atom. The van der Waals surface area contributed by atoms with Crippen molar-refractivity contribution in [2.75, 3.05) is 6.54 Å². The molecule has 0 radical (unpaired) electrons. The van der Waals surface area contributed by atoms with E-state index in [1.54, 1.807) is 12.1 Å². The van der Waals surface area contributed by atoms with Gasteiger partial charge in [-0.2, -0.15) is 0 Å². The molecule has 0 aliphatic rings. The lowest BCUT2D eigenvalue weighted by Gasteiger charge is -2.28. The van der Waals surface area contributed by atoms with Gasteiger partial charge in [-0.1, -0.05) is 45.7 Å². The molecule has 1 N–H and O–H groups in total. The van der Waals surface area contributed by atoms with Crippen molar-refractivity contribution < 1.29 is 8.78 Å². The summed E-state index contributed by atoms with van der Waals surface area (Å²) in [6.45, 7) is 7.26. The van der Waals surface area contributed by atoms with Gasteiger partial charge < -0.3 is 5.32 Å². The van der Waals surface area contributed by atoms with Crippen LogP contribution in [0.4, 0.5) is 8.78 Å². The van der Waals surface area contributed by atoms with Crippen molar-refractivity contribution in [1.29, 1.82) is 0 Å². The molecule has 0 spiro atoms. The van der Waals surface area contributed by atoms with Crippen LogP contribution in [-0.2, 0) is 6.42 Å². The summed E-state index contributed by atoms with van der Waals surface area (Å²) in [5, 5.41) is 3.46. The molecule has 0 aliphatic carbocycles. The van der Waals surface area contributed by atoms with E-state index in [1.165, 1.54) is 6.07 Å². The average Bonchev–Trinajstić information content (AvgIpc) is 2.43. The van der Waals surface area contributed by atoms with Crippen molar-refractivity contribution in [1.82, 2.24) is 5.32 Å². The topological polar surface area (TPSA) is 12.0 Å². The number of nitrogens with one attached hydrogen (secondary N) is 1. The maximum Gasteiger partial charge on any atom is 0.162 e. The van der Waals surface area contributed by atoms with Gasteiger partial charge in [0.2, 0.25) is 0 Å². The summed E-state index contributed by atoms with van der Waals surface area (Å²) < 4.78 is 27.2. The average molecular weight is 283 g/mol. The van der Waals surface area contributed by atoms with Gasteiger partial charge in [-0.05, 0) is 43.4 Å². The fraction of sp³-hybridized carbons (Fsp3) is 0.647. The molecule has 0 aromatic heterocycles. The highest BCUT2D eigenvalue weighted by molar-refractivity contribution is 5.20. The van der Waals surface area contributed by atoms with Gasteiger partial charge in [0, 0.05) is 6.04 Å². The molecule has 0 saturated carbocycles. The Kier molecular flexibility index (Phi) is 7.75. The summed E-state index contributed by atoms with van der Waals surface area (Å²) in [7, 11) is 0. The molecule has 114 valence electrons. The lowest BCUT2D eigenvalue weighted by atomic mass is 9.86. The van der Waals surface area contributed by atoms with Gasteiger partial charge in [-0.3, -0.25) is 0 Å². The highest BCUT2D eigenvalue weighted by atomic mass is 19.2. The van der Waals surface area contributed by atoms with Crippen LogP contribution >= 0.6 is 0 Å². The molecule has 0 fully saturated rings. The lowest BCUT2D eigenvalue weighted by molar-refractivity contribution is 0.309. The second-order valence-corrected chi connectivity index (χ2v) is 5.42. The Bertz CT molecular complexity index is 387. The van der Waals surface area contributed by atoms with Crippen molar-refractivity contribution in [2.24, 2.45) is 5.92 Å². The van der Waals surface area contributed by atoms with E-state index >= 15 is 0 Å². The SMILES string of the molecule is CCCC(CCC)C(Cc1cccc(F)c1F)NCC. The quantitative estimate of drug-likeness (QED) is 0.692. The van der Waals surface area contributed by atoms with E-state index in [0.29, 0.717) is 17.9 Å². The van der Waals surface area contributed by atoms with Gasteiger partial charge >= 0.3 is 0 Å². The fourth-order valence-electron chi connectivity index (χ4n) is 2.90. The summed E-state index contributed by atoms with van der Waals surface area (Å²) in [6.07, 6.45) is 5.06. The number of rotatable bonds is 9. The van der Waals surface area contributed by atoms with E-state index in [-0.39, 0.29) is 6.04 Å². The molecular formula is C17H27F2N. The molecule has 1 unspecified atom stereocenters. The first-order valence-electron chi connectivity index (χ1n) is 7.80. The number of hydrogen-bond donors (Lipinski definition) is 1. The maximum absolute atomic E-state index is 13.8. The van der Waals surface area contributed by atoms with E-state index in [1.807, 2.05) is 0 Å². The van der Waals surface area contributed by atoms with Gasteiger partial charge in [0.1, 0.15) is 0 Å². The monoisotopic (exact) mass is 283 g/mol. The second-order valence-electron chi connectivity index (χ2n) is 5.42. The van der Waals surface area contributed by atoms with Crippen LogP contribution in [0.3, 0.4) is 0 Å². The minimum atomic E-state index is -0.750. The van der Waals surface area contributed by atoms with E-state index in [0.717, 1.165) is 32.2 Å². The number of halogens is 2. The predicted molar refractivity (Wildman–Crippen MR) is 80.8 cm³/mol. The minimum absolute atomic E-state index is 0.219. The van der Waals surface area contributed by atoms with Crippen LogP contribution in [-0.4, -0.2) is 12.6 Å². The van der Waals surface area contributed by atoms with Crippen LogP contribution in [0.25, 0.3) is 0 Å². The predicted octanol–water partition coefficient (Wildman–Crippen LogP) is 4.70. The maximum atomic E-state index is 13.8. The summed E-state index contributed by atoms with van der Waals surface area (Å²) >= 11 is 0. The van der Waals surface area contributed by atoms with Gasteiger partial charge in [0.05, 0.1) is 0 Å². The number of likely N-dealkylation sites (N-methyl/N-ethyl adjacent to an activating group) is 1. The zero-order chi connectivity index (χ0) is 15.0. The number of benzene rings is 1. The van der Waals surface area contributed by atoms with Crippen LogP contribution in [0, 0.1) is 17.6 Å². The first-order valence-corrected chi connectivity index (χ1v) is 7.80. The molecule has 1 rings (SSSR count).